The van der Waals surface area contributed by atoms with E-state index in [0.29, 0.717) is 5.02 Å². The maximum atomic E-state index is 10.7. The first-order valence-electron chi connectivity index (χ1n) is 4.58. The molecule has 0 amide bonds. The largest absolute Gasteiger partial charge is 0.274 e. The number of benzene rings is 1. The third-order valence-corrected chi connectivity index (χ3v) is 2.28. The number of rotatable bonds is 4. The molecule has 0 saturated carbocycles. The fraction of sp³-hybridized carbons (Fsp3) is 0.400. The summed E-state index contributed by atoms with van der Waals surface area (Å²) >= 11 is 5.69. The lowest BCUT2D eigenvalue weighted by molar-refractivity contribution is -0.385. The Morgan fingerprint density at radius 3 is 2.79 bits per heavy atom. The number of nitro groups is 1. The second-order valence-electron chi connectivity index (χ2n) is 3.13. The molecule has 1 aromatic rings. The summed E-state index contributed by atoms with van der Waals surface area (Å²) in [6.45, 7) is 2.06. The fourth-order valence-corrected chi connectivity index (χ4v) is 1.45. The van der Waals surface area contributed by atoms with Gasteiger partial charge < -0.3 is 0 Å². The summed E-state index contributed by atoms with van der Waals surface area (Å²) in [6.07, 6.45) is 2.73. The Hall–Kier alpha value is -1.09. The Bertz CT molecular complexity index is 339. The lowest BCUT2D eigenvalue weighted by Gasteiger charge is -2.01. The zero-order valence-electron chi connectivity index (χ0n) is 8.00. The third kappa shape index (κ3) is 2.70. The van der Waals surface area contributed by atoms with E-state index in [1.807, 2.05) is 0 Å². The van der Waals surface area contributed by atoms with Crippen molar-refractivity contribution in [3.8, 4) is 0 Å². The van der Waals surface area contributed by atoms with E-state index in [2.05, 4.69) is 6.92 Å². The van der Waals surface area contributed by atoms with Gasteiger partial charge in [0.1, 0.15) is 0 Å². The molecule has 0 fully saturated rings. The fourth-order valence-electron chi connectivity index (χ4n) is 1.29. The highest BCUT2D eigenvalue weighted by Crippen LogP contribution is 2.24. The Morgan fingerprint density at radius 2 is 2.21 bits per heavy atom. The van der Waals surface area contributed by atoms with Gasteiger partial charge >= 0.3 is 0 Å². The molecule has 0 unspecified atom stereocenters. The molecule has 3 nitrogen and oxygen atoms in total. The summed E-state index contributed by atoms with van der Waals surface area (Å²) in [5.41, 5.74) is 0.896. The highest BCUT2D eigenvalue weighted by molar-refractivity contribution is 6.30. The Labute approximate surface area is 87.8 Å². The standard InChI is InChI=1S/C10H12ClNO2/c1-2-3-4-8-5-6-9(11)7-10(8)12(13)14/h5-7H,2-4H2,1H3. The van der Waals surface area contributed by atoms with Gasteiger partial charge in [0.05, 0.1) is 4.92 Å². The molecule has 0 aliphatic rings. The number of aryl methyl sites for hydroxylation is 1. The Morgan fingerprint density at radius 1 is 1.50 bits per heavy atom. The minimum atomic E-state index is -0.378. The summed E-state index contributed by atoms with van der Waals surface area (Å²) in [5.74, 6) is 0. The molecule has 0 atom stereocenters. The number of hydrogen-bond acceptors (Lipinski definition) is 2. The molecule has 0 heterocycles. The monoisotopic (exact) mass is 213 g/mol. The zero-order valence-corrected chi connectivity index (χ0v) is 8.75. The van der Waals surface area contributed by atoms with Crippen LogP contribution in [0.2, 0.25) is 5.02 Å². The quantitative estimate of drug-likeness (QED) is 0.567. The van der Waals surface area contributed by atoms with Crippen LogP contribution in [0, 0.1) is 10.1 Å². The van der Waals surface area contributed by atoms with Crippen molar-refractivity contribution in [3.63, 3.8) is 0 Å². The number of halogens is 1. The van der Waals surface area contributed by atoms with Crippen LogP contribution in [-0.2, 0) is 6.42 Å². The average Bonchev–Trinajstić information content (AvgIpc) is 2.15. The van der Waals surface area contributed by atoms with Crippen molar-refractivity contribution in [1.29, 1.82) is 0 Å². The molecule has 76 valence electrons. The summed E-state index contributed by atoms with van der Waals surface area (Å²) in [6, 6.07) is 4.84. The van der Waals surface area contributed by atoms with E-state index in [1.165, 1.54) is 6.07 Å². The topological polar surface area (TPSA) is 43.1 Å². The van der Waals surface area contributed by atoms with Gasteiger partial charge in [-0.25, -0.2) is 0 Å². The van der Waals surface area contributed by atoms with Crippen LogP contribution in [0.25, 0.3) is 0 Å². The molecule has 0 N–H and O–H groups in total. The lowest BCUT2D eigenvalue weighted by atomic mass is 10.1. The minimum Gasteiger partial charge on any atom is -0.258 e. The van der Waals surface area contributed by atoms with Gasteiger partial charge in [0.15, 0.2) is 0 Å². The molecule has 0 aliphatic heterocycles. The predicted molar refractivity (Wildman–Crippen MR) is 56.7 cm³/mol. The van der Waals surface area contributed by atoms with Crippen molar-refractivity contribution in [3.05, 3.63) is 38.9 Å². The van der Waals surface area contributed by atoms with E-state index in [1.54, 1.807) is 12.1 Å². The minimum absolute atomic E-state index is 0.131. The van der Waals surface area contributed by atoms with Crippen molar-refractivity contribution in [2.75, 3.05) is 0 Å². The molecule has 0 saturated heterocycles. The van der Waals surface area contributed by atoms with E-state index in [-0.39, 0.29) is 10.6 Å². The van der Waals surface area contributed by atoms with E-state index in [4.69, 9.17) is 11.6 Å². The van der Waals surface area contributed by atoms with Crippen LogP contribution in [-0.4, -0.2) is 4.92 Å². The van der Waals surface area contributed by atoms with Crippen molar-refractivity contribution < 1.29 is 4.92 Å². The van der Waals surface area contributed by atoms with Crippen molar-refractivity contribution in [2.45, 2.75) is 26.2 Å². The van der Waals surface area contributed by atoms with Crippen LogP contribution in [0.5, 0.6) is 0 Å². The molecule has 0 spiro atoms. The molecule has 0 radical (unpaired) electrons. The lowest BCUT2D eigenvalue weighted by Crippen LogP contribution is -1.95. The first-order valence-corrected chi connectivity index (χ1v) is 4.95. The SMILES string of the molecule is CCCCc1ccc(Cl)cc1[N+](=O)[O-]. The molecular formula is C10H12ClNO2. The molecular weight excluding hydrogens is 202 g/mol. The summed E-state index contributed by atoms with van der Waals surface area (Å²) in [4.78, 5) is 10.3. The number of hydrogen-bond donors (Lipinski definition) is 0. The maximum Gasteiger partial charge on any atom is 0.274 e. The smallest absolute Gasteiger partial charge is 0.258 e. The van der Waals surface area contributed by atoms with Crippen LogP contribution in [0.4, 0.5) is 5.69 Å². The molecule has 4 heteroatoms. The average molecular weight is 214 g/mol. The highest BCUT2D eigenvalue weighted by atomic mass is 35.5. The molecule has 1 rings (SSSR count). The van der Waals surface area contributed by atoms with Crippen LogP contribution in [0.3, 0.4) is 0 Å². The highest BCUT2D eigenvalue weighted by Gasteiger charge is 2.12. The number of unbranched alkanes of at least 4 members (excludes halogenated alkanes) is 1. The second-order valence-corrected chi connectivity index (χ2v) is 3.57. The molecule has 0 aromatic heterocycles. The molecule has 14 heavy (non-hydrogen) atoms. The van der Waals surface area contributed by atoms with Crippen molar-refractivity contribution >= 4 is 17.3 Å². The number of nitrogens with zero attached hydrogens (tertiary/aromatic N) is 1. The van der Waals surface area contributed by atoms with E-state index >= 15 is 0 Å². The maximum absolute atomic E-state index is 10.7. The summed E-state index contributed by atoms with van der Waals surface area (Å²) < 4.78 is 0. The van der Waals surface area contributed by atoms with Gasteiger partial charge in [-0.2, -0.15) is 0 Å². The van der Waals surface area contributed by atoms with Gasteiger partial charge in [-0.15, -0.1) is 0 Å². The summed E-state index contributed by atoms with van der Waals surface area (Å²) in [7, 11) is 0. The van der Waals surface area contributed by atoms with Gasteiger partial charge in [-0.3, -0.25) is 10.1 Å². The van der Waals surface area contributed by atoms with Crippen LogP contribution in [0.15, 0.2) is 18.2 Å². The van der Waals surface area contributed by atoms with Crippen LogP contribution < -0.4 is 0 Å². The first kappa shape index (κ1) is 11.0. The first-order chi connectivity index (χ1) is 6.65. The zero-order chi connectivity index (χ0) is 10.6. The normalized spacial score (nSPS) is 10.1. The van der Waals surface area contributed by atoms with Crippen LogP contribution >= 0.6 is 11.6 Å². The second kappa shape index (κ2) is 4.96. The van der Waals surface area contributed by atoms with Crippen molar-refractivity contribution in [2.24, 2.45) is 0 Å². The van der Waals surface area contributed by atoms with E-state index < -0.39 is 0 Å². The Kier molecular flexibility index (Phi) is 3.89. The van der Waals surface area contributed by atoms with E-state index in [9.17, 15) is 10.1 Å². The molecule has 1 aromatic carbocycles. The van der Waals surface area contributed by atoms with Gasteiger partial charge in [0, 0.05) is 16.7 Å². The predicted octanol–water partition coefficient (Wildman–Crippen LogP) is 3.59. The van der Waals surface area contributed by atoms with Crippen molar-refractivity contribution in [1.82, 2.24) is 0 Å². The van der Waals surface area contributed by atoms with Gasteiger partial charge in [0.25, 0.3) is 5.69 Å². The Balaban J connectivity index is 2.96. The number of nitro benzene ring substituents is 1. The summed E-state index contributed by atoms with van der Waals surface area (Å²) in [5, 5.41) is 11.1. The third-order valence-electron chi connectivity index (χ3n) is 2.04. The molecule has 0 bridgehead atoms. The van der Waals surface area contributed by atoms with Gasteiger partial charge in [-0.1, -0.05) is 31.0 Å². The van der Waals surface area contributed by atoms with Gasteiger partial charge in [0.2, 0.25) is 0 Å². The van der Waals surface area contributed by atoms with Gasteiger partial charge in [-0.05, 0) is 18.9 Å². The molecule has 0 aliphatic carbocycles. The van der Waals surface area contributed by atoms with E-state index in [0.717, 1.165) is 24.8 Å². The van der Waals surface area contributed by atoms with Crippen LogP contribution in [0.1, 0.15) is 25.3 Å².